The van der Waals surface area contributed by atoms with Gasteiger partial charge in [-0.1, -0.05) is 18.1 Å². The summed E-state index contributed by atoms with van der Waals surface area (Å²) in [5.41, 5.74) is 0.890. The number of hydrogen-bond donors (Lipinski definition) is 2. The van der Waals surface area contributed by atoms with Crippen LogP contribution in [0.25, 0.3) is 0 Å². The maximum Gasteiger partial charge on any atom is 0.326 e. The molecule has 20 heavy (non-hydrogen) atoms. The summed E-state index contributed by atoms with van der Waals surface area (Å²) in [4.78, 5) is 12.1. The van der Waals surface area contributed by atoms with Crippen molar-refractivity contribution in [3.8, 4) is 0 Å². The molecule has 5 nitrogen and oxygen atoms in total. The molecule has 106 valence electrons. The van der Waals surface area contributed by atoms with Gasteiger partial charge in [-0.05, 0) is 24.3 Å². The Morgan fingerprint density at radius 3 is 3.05 bits per heavy atom. The predicted molar refractivity (Wildman–Crippen MR) is 74.6 cm³/mol. The molecule has 2 aromatic heterocycles. The van der Waals surface area contributed by atoms with Crippen molar-refractivity contribution in [3.05, 3.63) is 39.9 Å². The lowest BCUT2D eigenvalue weighted by atomic mass is 10.1. The van der Waals surface area contributed by atoms with Crippen LogP contribution in [-0.2, 0) is 16.8 Å². The van der Waals surface area contributed by atoms with E-state index in [1.807, 2.05) is 23.6 Å². The maximum atomic E-state index is 11.3. The molecule has 0 amide bonds. The second kappa shape index (κ2) is 5.03. The molecular formula is C14H16N2O3S. The van der Waals surface area contributed by atoms with E-state index in [1.165, 1.54) is 11.3 Å². The number of aliphatic carboxylic acids is 1. The molecule has 1 aliphatic carbocycles. The minimum atomic E-state index is -0.884. The quantitative estimate of drug-likeness (QED) is 0.856. The van der Waals surface area contributed by atoms with Crippen LogP contribution < -0.4 is 5.32 Å². The van der Waals surface area contributed by atoms with Gasteiger partial charge in [0.2, 0.25) is 0 Å². The summed E-state index contributed by atoms with van der Waals surface area (Å²) >= 11 is 1.43. The SMILES string of the molecule is CC1(c2cc(CNC(C(=O)O)c3cccs3)no2)CC1. The molecule has 0 spiro atoms. The van der Waals surface area contributed by atoms with Gasteiger partial charge in [0.1, 0.15) is 11.8 Å². The molecule has 0 aromatic carbocycles. The first kappa shape index (κ1) is 13.3. The highest BCUT2D eigenvalue weighted by Crippen LogP contribution is 2.47. The Morgan fingerprint density at radius 1 is 1.65 bits per heavy atom. The standard InChI is InChI=1S/C14H16N2O3S/c1-14(4-5-14)11-7-9(16-19-11)8-15-12(13(17)18)10-3-2-6-20-10/h2-3,6-7,12,15H,4-5,8H2,1H3,(H,17,18). The maximum absolute atomic E-state index is 11.3. The summed E-state index contributed by atoms with van der Waals surface area (Å²) in [5, 5.41) is 18.2. The summed E-state index contributed by atoms with van der Waals surface area (Å²) in [6.07, 6.45) is 2.25. The van der Waals surface area contributed by atoms with Crippen LogP contribution in [0.1, 0.15) is 42.1 Å². The number of hydrogen-bond acceptors (Lipinski definition) is 5. The van der Waals surface area contributed by atoms with Crippen molar-refractivity contribution in [2.75, 3.05) is 0 Å². The third-order valence-corrected chi connectivity index (χ3v) is 4.65. The second-order valence-electron chi connectivity index (χ2n) is 5.41. The number of carbonyl (C=O) groups is 1. The number of rotatable bonds is 6. The lowest BCUT2D eigenvalue weighted by Gasteiger charge is -2.11. The summed E-state index contributed by atoms with van der Waals surface area (Å²) in [5.74, 6) is 0.0163. The molecule has 0 radical (unpaired) electrons. The van der Waals surface area contributed by atoms with Crippen molar-refractivity contribution in [1.82, 2.24) is 10.5 Å². The third-order valence-electron chi connectivity index (χ3n) is 3.72. The van der Waals surface area contributed by atoms with Crippen LogP contribution in [0.5, 0.6) is 0 Å². The number of nitrogens with one attached hydrogen (secondary N) is 1. The van der Waals surface area contributed by atoms with Gasteiger partial charge in [0.25, 0.3) is 0 Å². The minimum absolute atomic E-state index is 0.144. The fourth-order valence-electron chi connectivity index (χ4n) is 2.09. The van der Waals surface area contributed by atoms with Crippen molar-refractivity contribution in [1.29, 1.82) is 0 Å². The Kier molecular flexibility index (Phi) is 3.35. The van der Waals surface area contributed by atoms with Gasteiger partial charge in [-0.2, -0.15) is 0 Å². The highest BCUT2D eigenvalue weighted by Gasteiger charge is 2.42. The Hall–Kier alpha value is -1.66. The van der Waals surface area contributed by atoms with Crippen molar-refractivity contribution < 1.29 is 14.4 Å². The van der Waals surface area contributed by atoms with Gasteiger partial charge in [-0.3, -0.25) is 10.1 Å². The highest BCUT2D eigenvalue weighted by molar-refractivity contribution is 7.10. The van der Waals surface area contributed by atoms with E-state index in [2.05, 4.69) is 17.4 Å². The van der Waals surface area contributed by atoms with E-state index < -0.39 is 12.0 Å². The van der Waals surface area contributed by atoms with Gasteiger partial charge in [0, 0.05) is 22.9 Å². The van der Waals surface area contributed by atoms with Crippen LogP contribution in [-0.4, -0.2) is 16.2 Å². The lowest BCUT2D eigenvalue weighted by molar-refractivity contribution is -0.139. The van der Waals surface area contributed by atoms with E-state index in [1.54, 1.807) is 0 Å². The van der Waals surface area contributed by atoms with Gasteiger partial charge in [0.15, 0.2) is 0 Å². The van der Waals surface area contributed by atoms with Crippen LogP contribution >= 0.6 is 11.3 Å². The van der Waals surface area contributed by atoms with Gasteiger partial charge >= 0.3 is 5.97 Å². The van der Waals surface area contributed by atoms with E-state index >= 15 is 0 Å². The van der Waals surface area contributed by atoms with Crippen LogP contribution in [0.3, 0.4) is 0 Å². The van der Waals surface area contributed by atoms with Crippen LogP contribution in [0.4, 0.5) is 0 Å². The first-order valence-corrected chi connectivity index (χ1v) is 7.42. The van der Waals surface area contributed by atoms with Gasteiger partial charge in [-0.25, -0.2) is 0 Å². The number of thiophene rings is 1. The number of nitrogens with zero attached hydrogens (tertiary/aromatic N) is 1. The molecule has 3 rings (SSSR count). The van der Waals surface area contributed by atoms with E-state index in [0.29, 0.717) is 6.54 Å². The number of carboxylic acids is 1. The Bertz CT molecular complexity index is 602. The minimum Gasteiger partial charge on any atom is -0.480 e. The summed E-state index contributed by atoms with van der Waals surface area (Å²) in [7, 11) is 0. The zero-order valence-electron chi connectivity index (χ0n) is 11.1. The molecule has 0 bridgehead atoms. The predicted octanol–water partition coefficient (Wildman–Crippen LogP) is 2.70. The van der Waals surface area contributed by atoms with Gasteiger partial charge in [0.05, 0.1) is 5.69 Å². The zero-order valence-corrected chi connectivity index (χ0v) is 11.9. The fraction of sp³-hybridized carbons (Fsp3) is 0.429. The van der Waals surface area contributed by atoms with Crippen LogP contribution in [0.15, 0.2) is 28.1 Å². The van der Waals surface area contributed by atoms with Crippen LogP contribution in [0.2, 0.25) is 0 Å². The zero-order chi connectivity index (χ0) is 14.2. The van der Waals surface area contributed by atoms with Crippen molar-refractivity contribution in [2.45, 2.75) is 37.8 Å². The molecule has 2 N–H and O–H groups in total. The Morgan fingerprint density at radius 2 is 2.45 bits per heavy atom. The molecule has 0 saturated heterocycles. The lowest BCUT2D eigenvalue weighted by Crippen LogP contribution is -2.27. The molecule has 1 unspecified atom stereocenters. The van der Waals surface area contributed by atoms with E-state index in [-0.39, 0.29) is 5.41 Å². The molecular weight excluding hydrogens is 276 g/mol. The average Bonchev–Trinajstić information content (AvgIpc) is 2.89. The first-order valence-electron chi connectivity index (χ1n) is 6.54. The normalized spacial score (nSPS) is 17.9. The molecule has 0 aliphatic heterocycles. The van der Waals surface area contributed by atoms with Crippen molar-refractivity contribution >= 4 is 17.3 Å². The number of carboxylic acid groups (broad SMARTS) is 1. The molecule has 1 atom stereocenters. The summed E-state index contributed by atoms with van der Waals surface area (Å²) in [6, 6.07) is 4.88. The molecule has 2 heterocycles. The molecule has 6 heteroatoms. The number of aromatic nitrogens is 1. The van der Waals surface area contributed by atoms with Gasteiger partial charge in [-0.15, -0.1) is 11.3 Å². The smallest absolute Gasteiger partial charge is 0.326 e. The van der Waals surface area contributed by atoms with Gasteiger partial charge < -0.3 is 9.63 Å². The Balaban J connectivity index is 1.65. The fourth-order valence-corrected chi connectivity index (χ4v) is 2.88. The molecule has 1 saturated carbocycles. The monoisotopic (exact) mass is 292 g/mol. The summed E-state index contributed by atoms with van der Waals surface area (Å²) in [6.45, 7) is 2.53. The average molecular weight is 292 g/mol. The highest BCUT2D eigenvalue weighted by atomic mass is 32.1. The van der Waals surface area contributed by atoms with E-state index in [0.717, 1.165) is 29.2 Å². The molecule has 1 aliphatic rings. The molecule has 1 fully saturated rings. The second-order valence-corrected chi connectivity index (χ2v) is 6.39. The van der Waals surface area contributed by atoms with E-state index in [4.69, 9.17) is 4.52 Å². The summed E-state index contributed by atoms with van der Waals surface area (Å²) < 4.78 is 5.34. The first-order chi connectivity index (χ1) is 9.58. The molecule has 2 aromatic rings. The third kappa shape index (κ3) is 2.62. The van der Waals surface area contributed by atoms with Crippen molar-refractivity contribution in [3.63, 3.8) is 0 Å². The van der Waals surface area contributed by atoms with E-state index in [9.17, 15) is 9.90 Å². The van der Waals surface area contributed by atoms with Crippen LogP contribution in [0, 0.1) is 0 Å². The van der Waals surface area contributed by atoms with Crippen molar-refractivity contribution in [2.24, 2.45) is 0 Å². The Labute approximate surface area is 120 Å². The largest absolute Gasteiger partial charge is 0.480 e. The topological polar surface area (TPSA) is 75.4 Å².